The predicted molar refractivity (Wildman–Crippen MR) is 263 cm³/mol. The van der Waals surface area contributed by atoms with Gasteiger partial charge < -0.3 is 0 Å². The average Bonchev–Trinajstić information content (AvgIpc) is 3.35. The van der Waals surface area contributed by atoms with Crippen molar-refractivity contribution in [2.24, 2.45) is 50.5 Å². The highest BCUT2D eigenvalue weighted by molar-refractivity contribution is 6.13. The van der Waals surface area contributed by atoms with Crippen molar-refractivity contribution in [2.45, 2.75) is 121 Å². The molecular formula is C59H67N3. The maximum atomic E-state index is 5.61. The summed E-state index contributed by atoms with van der Waals surface area (Å²) in [6, 6.07) is 9.18. The highest BCUT2D eigenvalue weighted by Crippen LogP contribution is 2.43. The largest absolute Gasteiger partial charge is 0.289 e. The molecule has 0 saturated carbocycles. The van der Waals surface area contributed by atoms with E-state index < -0.39 is 0 Å². The van der Waals surface area contributed by atoms with Crippen LogP contribution in [-0.2, 0) is 0 Å². The second-order valence-electron chi connectivity index (χ2n) is 19.5. The topological polar surface area (TPSA) is 37.1 Å². The van der Waals surface area contributed by atoms with Gasteiger partial charge in [-0.15, -0.1) is 0 Å². The third kappa shape index (κ3) is 9.53. The van der Waals surface area contributed by atoms with E-state index >= 15 is 0 Å². The normalized spacial score (nSPS) is 32.1. The molecule has 3 heteroatoms. The van der Waals surface area contributed by atoms with E-state index in [0.717, 1.165) is 75.0 Å². The molecule has 9 aliphatic rings. The summed E-state index contributed by atoms with van der Waals surface area (Å²) in [5.41, 5.74) is 13.9. The Kier molecular flexibility index (Phi) is 13.0. The second-order valence-corrected chi connectivity index (χ2v) is 19.5. The van der Waals surface area contributed by atoms with Gasteiger partial charge in [-0.05, 0) is 162 Å². The lowest BCUT2D eigenvalue weighted by atomic mass is 9.69. The third-order valence-corrected chi connectivity index (χ3v) is 15.6. The Morgan fingerprint density at radius 1 is 0.565 bits per heavy atom. The zero-order valence-electron chi connectivity index (χ0n) is 37.0. The minimum absolute atomic E-state index is 0.431. The van der Waals surface area contributed by atoms with Gasteiger partial charge in [-0.3, -0.25) is 4.99 Å². The molecule has 7 unspecified atom stereocenters. The maximum Gasteiger partial charge on any atom is 0.159 e. The summed E-state index contributed by atoms with van der Waals surface area (Å²) < 4.78 is 0. The SMILES string of the molecule is C1=CCCC(C2CN=C(C3=CC(C4CCC=C(C5=NC(c6ccc(C7C=CC=CC7)cc6)=N/C(C6=CC=C(C7C=CCCC7)CC6)=C\CC5)C4)CCC3)C(C3C=CC=CC3)C2)=C1. The molecule has 1 aromatic carbocycles. The monoisotopic (exact) mass is 818 g/mol. The lowest BCUT2D eigenvalue weighted by Gasteiger charge is -2.38. The zero-order chi connectivity index (χ0) is 41.5. The highest BCUT2D eigenvalue weighted by atomic mass is 14.9. The Bertz CT molecular complexity index is 2310. The second kappa shape index (κ2) is 19.7. The van der Waals surface area contributed by atoms with Crippen LogP contribution in [0.15, 0.2) is 182 Å². The van der Waals surface area contributed by atoms with Crippen LogP contribution < -0.4 is 0 Å². The summed E-state index contributed by atoms with van der Waals surface area (Å²) in [5.74, 6) is 4.80. The Hall–Kier alpha value is -4.89. The first-order valence-electron chi connectivity index (χ1n) is 24.7. The van der Waals surface area contributed by atoms with Gasteiger partial charge in [0, 0.05) is 41.3 Å². The van der Waals surface area contributed by atoms with Crippen LogP contribution in [0.5, 0.6) is 0 Å². The van der Waals surface area contributed by atoms with E-state index in [4.69, 9.17) is 15.0 Å². The van der Waals surface area contributed by atoms with E-state index in [9.17, 15) is 0 Å². The van der Waals surface area contributed by atoms with Gasteiger partial charge in [-0.1, -0.05) is 145 Å². The minimum atomic E-state index is 0.431. The lowest BCUT2D eigenvalue weighted by Crippen LogP contribution is -2.34. The summed E-state index contributed by atoms with van der Waals surface area (Å²) in [5, 5.41) is 0. The molecule has 0 amide bonds. The molecular weight excluding hydrogens is 751 g/mol. The molecule has 0 bridgehead atoms. The van der Waals surface area contributed by atoms with Crippen molar-refractivity contribution in [3.8, 4) is 0 Å². The van der Waals surface area contributed by atoms with E-state index in [0.29, 0.717) is 41.4 Å². The molecule has 318 valence electrons. The number of rotatable bonds is 9. The van der Waals surface area contributed by atoms with Gasteiger partial charge in [0.15, 0.2) is 5.84 Å². The van der Waals surface area contributed by atoms with E-state index in [2.05, 4.69) is 134 Å². The van der Waals surface area contributed by atoms with Crippen LogP contribution in [0.25, 0.3) is 0 Å². The molecule has 2 aliphatic heterocycles. The van der Waals surface area contributed by atoms with Gasteiger partial charge in [0.05, 0.1) is 5.70 Å². The third-order valence-electron chi connectivity index (χ3n) is 15.6. The lowest BCUT2D eigenvalue weighted by molar-refractivity contribution is 0.325. The minimum Gasteiger partial charge on any atom is -0.289 e. The van der Waals surface area contributed by atoms with Crippen molar-refractivity contribution < 1.29 is 0 Å². The van der Waals surface area contributed by atoms with Crippen LogP contribution in [0.3, 0.4) is 0 Å². The van der Waals surface area contributed by atoms with E-state index in [1.54, 1.807) is 16.7 Å². The fourth-order valence-corrected chi connectivity index (χ4v) is 12.0. The van der Waals surface area contributed by atoms with Crippen LogP contribution >= 0.6 is 0 Å². The number of aliphatic imine (C=N–C) groups is 3. The first-order chi connectivity index (χ1) is 30.7. The van der Waals surface area contributed by atoms with Crippen LogP contribution in [0, 0.1) is 35.5 Å². The molecule has 1 aromatic rings. The van der Waals surface area contributed by atoms with Crippen molar-refractivity contribution in [2.75, 3.05) is 6.54 Å². The fourth-order valence-electron chi connectivity index (χ4n) is 12.0. The van der Waals surface area contributed by atoms with Crippen LogP contribution in [-0.4, -0.2) is 23.8 Å². The summed E-state index contributed by atoms with van der Waals surface area (Å²) >= 11 is 0. The predicted octanol–water partition coefficient (Wildman–Crippen LogP) is 15.1. The Balaban J connectivity index is 0.908. The molecule has 2 heterocycles. The number of amidine groups is 1. The molecule has 0 spiro atoms. The summed E-state index contributed by atoms with van der Waals surface area (Å²) in [4.78, 5) is 16.6. The molecule has 0 saturated heterocycles. The van der Waals surface area contributed by atoms with Gasteiger partial charge in [-0.2, -0.15) is 0 Å². The molecule has 0 N–H and O–H groups in total. The maximum absolute atomic E-state index is 5.61. The fraction of sp³-hybridized carbons (Fsp3) is 0.441. The number of nitrogens with zero attached hydrogens (tertiary/aromatic N) is 3. The van der Waals surface area contributed by atoms with Gasteiger partial charge in [0.1, 0.15) is 0 Å². The van der Waals surface area contributed by atoms with Crippen molar-refractivity contribution in [3.05, 3.63) is 178 Å². The number of hydrogen-bond acceptors (Lipinski definition) is 3. The Morgan fingerprint density at radius 3 is 2.27 bits per heavy atom. The average molecular weight is 818 g/mol. The standard InChI is InChI=1S/C59H67N3/c1-5-16-42(17-6-1)45-30-34-48(35-31-45)56-28-15-29-57(62-59(61-56)49-36-32-46(33-37-49)43-18-7-2-8-19-43)52-26-13-24-50(38-52)51-25-14-27-53(39-51)58-55(47-22-11-4-12-23-47)40-54(41-60-58)44-20-9-3-10-21-44/h2-5,7-9,11-12,16,18,20,22,26,28,30,32-34,36-37,39,42-43,47,50-51,54-55H,1,6,10,13-15,17,19,21,23-25,27,29,31,35,38,40-41H2/b56-28-,61-59?,62-57?. The molecule has 7 aliphatic carbocycles. The van der Waals surface area contributed by atoms with Gasteiger partial charge in [-0.25, -0.2) is 9.98 Å². The molecule has 7 atom stereocenters. The first-order valence-corrected chi connectivity index (χ1v) is 24.7. The number of hydrogen-bond donors (Lipinski definition) is 0. The molecule has 10 rings (SSSR count). The van der Waals surface area contributed by atoms with Crippen LogP contribution in [0.1, 0.15) is 133 Å². The molecule has 0 aromatic heterocycles. The highest BCUT2D eigenvalue weighted by Gasteiger charge is 2.36. The number of allylic oxidation sites excluding steroid dienone is 22. The first kappa shape index (κ1) is 41.1. The van der Waals surface area contributed by atoms with Gasteiger partial charge in [0.25, 0.3) is 0 Å². The van der Waals surface area contributed by atoms with Crippen molar-refractivity contribution in [1.82, 2.24) is 0 Å². The van der Waals surface area contributed by atoms with Crippen molar-refractivity contribution in [3.63, 3.8) is 0 Å². The quantitative estimate of drug-likeness (QED) is 0.223. The molecule has 3 nitrogen and oxygen atoms in total. The molecule has 0 fully saturated rings. The number of benzene rings is 1. The zero-order valence-corrected chi connectivity index (χ0v) is 37.0. The van der Waals surface area contributed by atoms with Crippen LogP contribution in [0.2, 0.25) is 0 Å². The summed E-state index contributed by atoms with van der Waals surface area (Å²) in [6.07, 6.45) is 63.7. The van der Waals surface area contributed by atoms with Gasteiger partial charge >= 0.3 is 0 Å². The Morgan fingerprint density at radius 2 is 1.48 bits per heavy atom. The summed E-state index contributed by atoms with van der Waals surface area (Å²) in [6.45, 7) is 0.959. The smallest absolute Gasteiger partial charge is 0.159 e. The van der Waals surface area contributed by atoms with Crippen molar-refractivity contribution in [1.29, 1.82) is 0 Å². The Labute approximate surface area is 372 Å². The van der Waals surface area contributed by atoms with Crippen molar-refractivity contribution >= 4 is 17.3 Å². The molecule has 62 heavy (non-hydrogen) atoms. The van der Waals surface area contributed by atoms with E-state index in [1.165, 1.54) is 92.3 Å². The van der Waals surface area contributed by atoms with E-state index in [1.807, 2.05) is 0 Å². The van der Waals surface area contributed by atoms with E-state index in [-0.39, 0.29) is 0 Å². The van der Waals surface area contributed by atoms with Crippen LogP contribution in [0.4, 0.5) is 0 Å². The summed E-state index contributed by atoms with van der Waals surface area (Å²) in [7, 11) is 0. The van der Waals surface area contributed by atoms with Gasteiger partial charge in [0.2, 0.25) is 0 Å². The molecule has 0 radical (unpaired) electrons.